The monoisotopic (exact) mass is 293 g/mol. The molecule has 2 rings (SSSR count). The fraction of sp³-hybridized carbons (Fsp3) is 0.143. The molecule has 110 valence electrons. The molecule has 0 aliphatic rings. The van der Waals surface area contributed by atoms with Crippen LogP contribution in [-0.4, -0.2) is 17.0 Å². The number of rotatable bonds is 3. The molecule has 2 N–H and O–H groups in total. The Morgan fingerprint density at radius 2 is 1.86 bits per heavy atom. The highest BCUT2D eigenvalue weighted by Gasteiger charge is 2.24. The number of amides is 1. The first kappa shape index (κ1) is 14.6. The minimum atomic E-state index is -0.691. The van der Waals surface area contributed by atoms with Crippen molar-refractivity contribution in [1.29, 1.82) is 0 Å². The molecular formula is C14H12FNO5. The topological polar surface area (TPSA) is 88.8 Å². The second-order valence-corrected chi connectivity index (χ2v) is 4.22. The number of halogens is 1. The molecule has 21 heavy (non-hydrogen) atoms. The molecule has 0 saturated heterocycles. The average Bonchev–Trinajstić information content (AvgIpc) is 2.67. The third kappa shape index (κ3) is 3.19. The predicted molar refractivity (Wildman–Crippen MR) is 71.4 cm³/mol. The molecule has 0 spiro atoms. The Morgan fingerprint density at radius 3 is 2.38 bits per heavy atom. The molecular weight excluding hydrogens is 281 g/mol. The maximum Gasteiger partial charge on any atom is 0.308 e. The van der Waals surface area contributed by atoms with Gasteiger partial charge in [0.05, 0.1) is 0 Å². The number of esters is 1. The zero-order valence-electron chi connectivity index (χ0n) is 11.3. The molecule has 0 fully saturated rings. The van der Waals surface area contributed by atoms with Crippen molar-refractivity contribution in [2.24, 2.45) is 0 Å². The molecule has 0 atom stereocenters. The van der Waals surface area contributed by atoms with E-state index < -0.39 is 23.4 Å². The van der Waals surface area contributed by atoms with Crippen LogP contribution in [-0.2, 0) is 9.59 Å². The number of furan rings is 1. The van der Waals surface area contributed by atoms with Gasteiger partial charge >= 0.3 is 5.97 Å². The van der Waals surface area contributed by atoms with Crippen molar-refractivity contribution >= 4 is 17.8 Å². The highest BCUT2D eigenvalue weighted by molar-refractivity contribution is 5.91. The predicted octanol–water partition coefficient (Wildman–Crippen LogP) is 2.68. The molecule has 0 unspecified atom stereocenters. The molecule has 7 heteroatoms. The van der Waals surface area contributed by atoms with E-state index in [-0.39, 0.29) is 17.4 Å². The summed E-state index contributed by atoms with van der Waals surface area (Å²) >= 11 is 0. The summed E-state index contributed by atoms with van der Waals surface area (Å²) in [5, 5.41) is 12.4. The summed E-state index contributed by atoms with van der Waals surface area (Å²) in [4.78, 5) is 22.2. The van der Waals surface area contributed by atoms with Crippen LogP contribution in [0.5, 0.6) is 11.5 Å². The summed E-state index contributed by atoms with van der Waals surface area (Å²) < 4.78 is 23.0. The quantitative estimate of drug-likeness (QED) is 0.849. The van der Waals surface area contributed by atoms with Gasteiger partial charge in [0.2, 0.25) is 23.3 Å². The smallest absolute Gasteiger partial charge is 0.308 e. The number of carbonyl (C=O) groups is 2. The summed E-state index contributed by atoms with van der Waals surface area (Å²) in [6, 6.07) is 5.12. The third-order valence-corrected chi connectivity index (χ3v) is 2.48. The van der Waals surface area contributed by atoms with Gasteiger partial charge in [-0.2, -0.15) is 0 Å². The SMILES string of the molecule is CC(=O)Nc1oc(-c2ccc(F)cc2)c(O)c1OC(C)=O. The van der Waals surface area contributed by atoms with E-state index in [9.17, 15) is 19.1 Å². The molecule has 0 saturated carbocycles. The van der Waals surface area contributed by atoms with Crippen LogP contribution in [0.1, 0.15) is 13.8 Å². The van der Waals surface area contributed by atoms with Gasteiger partial charge < -0.3 is 14.3 Å². The summed E-state index contributed by atoms with van der Waals surface area (Å²) in [5.41, 5.74) is 0.360. The van der Waals surface area contributed by atoms with E-state index in [1.54, 1.807) is 0 Å². The number of nitrogens with one attached hydrogen (secondary N) is 1. The van der Waals surface area contributed by atoms with Gasteiger partial charge in [-0.15, -0.1) is 0 Å². The Morgan fingerprint density at radius 1 is 1.24 bits per heavy atom. The summed E-state index contributed by atoms with van der Waals surface area (Å²) in [5.74, 6) is -2.61. The van der Waals surface area contributed by atoms with E-state index in [2.05, 4.69) is 5.32 Å². The van der Waals surface area contributed by atoms with Crippen molar-refractivity contribution in [3.8, 4) is 22.8 Å². The Bertz CT molecular complexity index is 690. The molecule has 1 aromatic carbocycles. The summed E-state index contributed by atoms with van der Waals surface area (Å²) in [6.07, 6.45) is 0. The van der Waals surface area contributed by atoms with Crippen LogP contribution in [0.4, 0.5) is 10.3 Å². The van der Waals surface area contributed by atoms with Crippen LogP contribution >= 0.6 is 0 Å². The van der Waals surface area contributed by atoms with Crippen molar-refractivity contribution in [2.75, 3.05) is 5.32 Å². The highest BCUT2D eigenvalue weighted by Crippen LogP contribution is 2.46. The Hall–Kier alpha value is -2.83. The molecule has 0 aliphatic heterocycles. The number of hydrogen-bond donors (Lipinski definition) is 2. The Balaban J connectivity index is 2.51. The van der Waals surface area contributed by atoms with Gasteiger partial charge in [0.1, 0.15) is 5.82 Å². The molecule has 0 bridgehead atoms. The number of aromatic hydroxyl groups is 1. The molecule has 0 radical (unpaired) electrons. The van der Waals surface area contributed by atoms with Gasteiger partial charge in [0.25, 0.3) is 0 Å². The van der Waals surface area contributed by atoms with Crippen molar-refractivity contribution in [1.82, 2.24) is 0 Å². The van der Waals surface area contributed by atoms with Crippen LogP contribution in [0.3, 0.4) is 0 Å². The normalized spacial score (nSPS) is 10.2. The maximum atomic E-state index is 12.9. The van der Waals surface area contributed by atoms with E-state index in [1.165, 1.54) is 31.2 Å². The van der Waals surface area contributed by atoms with E-state index in [0.717, 1.165) is 6.92 Å². The fourth-order valence-electron chi connectivity index (χ4n) is 1.68. The first-order valence-electron chi connectivity index (χ1n) is 5.96. The van der Waals surface area contributed by atoms with E-state index in [1.807, 2.05) is 0 Å². The van der Waals surface area contributed by atoms with Crippen LogP contribution in [0, 0.1) is 5.82 Å². The highest BCUT2D eigenvalue weighted by atomic mass is 19.1. The van der Waals surface area contributed by atoms with Crippen LogP contribution in [0.2, 0.25) is 0 Å². The van der Waals surface area contributed by atoms with Crippen molar-refractivity contribution in [2.45, 2.75) is 13.8 Å². The maximum absolute atomic E-state index is 12.9. The van der Waals surface area contributed by atoms with E-state index >= 15 is 0 Å². The molecule has 1 aromatic heterocycles. The van der Waals surface area contributed by atoms with Gasteiger partial charge in [-0.3, -0.25) is 14.9 Å². The van der Waals surface area contributed by atoms with Gasteiger partial charge in [0.15, 0.2) is 5.76 Å². The van der Waals surface area contributed by atoms with Crippen molar-refractivity contribution in [3.63, 3.8) is 0 Å². The Labute approximate surface area is 119 Å². The lowest BCUT2D eigenvalue weighted by atomic mass is 10.1. The lowest BCUT2D eigenvalue weighted by Gasteiger charge is -2.01. The standard InChI is InChI=1S/C14H12FNO5/c1-7(17)16-14-13(20-8(2)18)11(19)12(21-14)9-3-5-10(15)6-4-9/h3-6,19H,1-2H3,(H,16,17). The number of carbonyl (C=O) groups excluding carboxylic acids is 2. The minimum absolute atomic E-state index is 0.0463. The van der Waals surface area contributed by atoms with E-state index in [4.69, 9.17) is 9.15 Å². The largest absolute Gasteiger partial charge is 0.502 e. The van der Waals surface area contributed by atoms with Crippen LogP contribution in [0.15, 0.2) is 28.7 Å². The Kier molecular flexibility index (Phi) is 3.93. The number of hydrogen-bond acceptors (Lipinski definition) is 5. The van der Waals surface area contributed by atoms with Crippen molar-refractivity contribution in [3.05, 3.63) is 30.1 Å². The second-order valence-electron chi connectivity index (χ2n) is 4.22. The van der Waals surface area contributed by atoms with Crippen molar-refractivity contribution < 1.29 is 28.2 Å². The lowest BCUT2D eigenvalue weighted by Crippen LogP contribution is -2.08. The van der Waals surface area contributed by atoms with Gasteiger partial charge in [0, 0.05) is 19.4 Å². The number of benzene rings is 1. The molecule has 6 nitrogen and oxygen atoms in total. The molecule has 2 aromatic rings. The zero-order valence-corrected chi connectivity index (χ0v) is 11.3. The first-order valence-corrected chi connectivity index (χ1v) is 5.96. The number of anilines is 1. The van der Waals surface area contributed by atoms with Gasteiger partial charge in [-0.25, -0.2) is 4.39 Å². The zero-order chi connectivity index (χ0) is 15.6. The summed E-state index contributed by atoms with van der Waals surface area (Å²) in [7, 11) is 0. The minimum Gasteiger partial charge on any atom is -0.502 e. The lowest BCUT2D eigenvalue weighted by molar-refractivity contribution is -0.132. The van der Waals surface area contributed by atoms with Gasteiger partial charge in [-0.05, 0) is 24.3 Å². The third-order valence-electron chi connectivity index (χ3n) is 2.48. The first-order chi connectivity index (χ1) is 9.88. The van der Waals surface area contributed by atoms with E-state index in [0.29, 0.717) is 5.56 Å². The fourth-order valence-corrected chi connectivity index (χ4v) is 1.68. The molecule has 0 aliphatic carbocycles. The summed E-state index contributed by atoms with van der Waals surface area (Å²) in [6.45, 7) is 2.37. The average molecular weight is 293 g/mol. The molecule has 1 heterocycles. The molecule has 1 amide bonds. The second kappa shape index (κ2) is 5.66. The number of ether oxygens (including phenoxy) is 1. The van der Waals surface area contributed by atoms with Crippen LogP contribution < -0.4 is 10.1 Å². The van der Waals surface area contributed by atoms with Crippen LogP contribution in [0.25, 0.3) is 11.3 Å². The van der Waals surface area contributed by atoms with Gasteiger partial charge in [-0.1, -0.05) is 0 Å².